The van der Waals surface area contributed by atoms with Gasteiger partial charge >= 0.3 is 0 Å². The van der Waals surface area contributed by atoms with Gasteiger partial charge in [-0.1, -0.05) is 6.07 Å². The summed E-state index contributed by atoms with van der Waals surface area (Å²) in [5.41, 5.74) is 1.57. The Hall–Kier alpha value is -1.13. The number of piperidine rings is 1. The lowest BCUT2D eigenvalue weighted by atomic mass is 9.90. The van der Waals surface area contributed by atoms with Crippen LogP contribution in [-0.2, 0) is 6.54 Å². The van der Waals surface area contributed by atoms with E-state index >= 15 is 0 Å². The van der Waals surface area contributed by atoms with Crippen LogP contribution in [0.15, 0.2) is 18.3 Å². The third-order valence-electron chi connectivity index (χ3n) is 3.98. The number of pyridine rings is 1. The molecule has 0 radical (unpaired) electrons. The molecule has 4 nitrogen and oxygen atoms in total. The summed E-state index contributed by atoms with van der Waals surface area (Å²) in [7, 11) is 3.70. The highest BCUT2D eigenvalue weighted by molar-refractivity contribution is 5.17. The van der Waals surface area contributed by atoms with E-state index in [0.717, 1.165) is 19.6 Å². The largest absolute Gasteiger partial charge is 0.481 e. The summed E-state index contributed by atoms with van der Waals surface area (Å²) in [5, 5.41) is 3.42. The molecule has 0 atom stereocenters. The lowest BCUT2D eigenvalue weighted by Crippen LogP contribution is -2.49. The molecule has 1 saturated heterocycles. The highest BCUT2D eigenvalue weighted by Gasteiger charge is 2.27. The van der Waals surface area contributed by atoms with E-state index in [4.69, 9.17) is 4.74 Å². The first-order chi connectivity index (χ1) is 8.65. The second kappa shape index (κ2) is 5.67. The van der Waals surface area contributed by atoms with E-state index in [9.17, 15) is 0 Å². The van der Waals surface area contributed by atoms with Crippen LogP contribution >= 0.6 is 0 Å². The number of hydrogen-bond donors (Lipinski definition) is 1. The van der Waals surface area contributed by atoms with Crippen LogP contribution in [0.5, 0.6) is 5.88 Å². The zero-order chi connectivity index (χ0) is 13.0. The highest BCUT2D eigenvalue weighted by Crippen LogP contribution is 2.22. The van der Waals surface area contributed by atoms with E-state index in [-0.39, 0.29) is 0 Å². The second-order valence-corrected chi connectivity index (χ2v) is 5.30. The standard InChI is InChI=1S/C14H23N3O/c1-14(15-2)6-8-17(9-7-14)11-12-4-5-13(18-3)16-10-12/h4-5,10,15H,6-9,11H2,1-3H3. The molecule has 1 aromatic heterocycles. The van der Waals surface area contributed by atoms with E-state index in [1.54, 1.807) is 7.11 Å². The molecule has 1 aromatic rings. The van der Waals surface area contributed by atoms with Gasteiger partial charge in [-0.15, -0.1) is 0 Å². The van der Waals surface area contributed by atoms with E-state index in [1.165, 1.54) is 18.4 Å². The molecule has 1 N–H and O–H groups in total. The number of methoxy groups -OCH3 is 1. The highest BCUT2D eigenvalue weighted by atomic mass is 16.5. The molecule has 1 fully saturated rings. The lowest BCUT2D eigenvalue weighted by molar-refractivity contribution is 0.146. The van der Waals surface area contributed by atoms with Crippen molar-refractivity contribution in [2.75, 3.05) is 27.2 Å². The first-order valence-electron chi connectivity index (χ1n) is 6.55. The average molecular weight is 249 g/mol. The lowest BCUT2D eigenvalue weighted by Gasteiger charge is -2.39. The van der Waals surface area contributed by atoms with Gasteiger partial charge in [0.2, 0.25) is 5.88 Å². The Kier molecular flexibility index (Phi) is 4.19. The fraction of sp³-hybridized carbons (Fsp3) is 0.643. The fourth-order valence-corrected chi connectivity index (χ4v) is 2.34. The first-order valence-corrected chi connectivity index (χ1v) is 6.55. The summed E-state index contributed by atoms with van der Waals surface area (Å²) in [6.07, 6.45) is 4.31. The maximum absolute atomic E-state index is 5.07. The Bertz CT molecular complexity index is 369. The predicted octanol–water partition coefficient (Wildman–Crippen LogP) is 1.66. The molecule has 2 rings (SSSR count). The monoisotopic (exact) mass is 249 g/mol. The molecule has 0 aliphatic carbocycles. The summed E-state index contributed by atoms with van der Waals surface area (Å²) >= 11 is 0. The predicted molar refractivity (Wildman–Crippen MR) is 72.8 cm³/mol. The van der Waals surface area contributed by atoms with Gasteiger partial charge in [0.1, 0.15) is 0 Å². The van der Waals surface area contributed by atoms with Gasteiger partial charge < -0.3 is 10.1 Å². The number of likely N-dealkylation sites (tertiary alicyclic amines) is 1. The summed E-state index contributed by atoms with van der Waals surface area (Å²) in [5.74, 6) is 0.681. The van der Waals surface area contributed by atoms with Crippen LogP contribution < -0.4 is 10.1 Å². The summed E-state index contributed by atoms with van der Waals surface area (Å²) < 4.78 is 5.07. The Balaban J connectivity index is 1.87. The number of rotatable bonds is 4. The number of nitrogens with one attached hydrogen (secondary N) is 1. The fourth-order valence-electron chi connectivity index (χ4n) is 2.34. The Morgan fingerprint density at radius 2 is 2.11 bits per heavy atom. The van der Waals surface area contributed by atoms with Crippen LogP contribution in [0.25, 0.3) is 0 Å². The third-order valence-corrected chi connectivity index (χ3v) is 3.98. The number of ether oxygens (including phenoxy) is 1. The van der Waals surface area contributed by atoms with Crippen molar-refractivity contribution in [2.45, 2.75) is 31.8 Å². The number of aromatic nitrogens is 1. The third kappa shape index (κ3) is 3.21. The molecule has 100 valence electrons. The molecule has 2 heterocycles. The van der Waals surface area contributed by atoms with Gasteiger partial charge in [-0.25, -0.2) is 4.98 Å². The molecular weight excluding hydrogens is 226 g/mol. The summed E-state index contributed by atoms with van der Waals surface area (Å²) in [6.45, 7) is 5.57. The van der Waals surface area contributed by atoms with Gasteiger partial charge in [0.15, 0.2) is 0 Å². The van der Waals surface area contributed by atoms with Gasteiger partial charge in [0.25, 0.3) is 0 Å². The van der Waals surface area contributed by atoms with Crippen molar-refractivity contribution < 1.29 is 4.74 Å². The second-order valence-electron chi connectivity index (χ2n) is 5.30. The van der Waals surface area contributed by atoms with Gasteiger partial charge in [0, 0.05) is 37.4 Å². The molecule has 1 aliphatic heterocycles. The molecule has 0 amide bonds. The SMILES string of the molecule is CNC1(C)CCN(Cc2ccc(OC)nc2)CC1. The molecule has 4 heteroatoms. The normalized spacial score (nSPS) is 19.7. The summed E-state index contributed by atoms with van der Waals surface area (Å²) in [4.78, 5) is 6.73. The van der Waals surface area contributed by atoms with Crippen molar-refractivity contribution in [3.63, 3.8) is 0 Å². The van der Waals surface area contributed by atoms with Crippen molar-refractivity contribution in [1.29, 1.82) is 0 Å². The van der Waals surface area contributed by atoms with Crippen molar-refractivity contribution in [1.82, 2.24) is 15.2 Å². The van der Waals surface area contributed by atoms with Crippen LogP contribution in [0.4, 0.5) is 0 Å². The zero-order valence-corrected chi connectivity index (χ0v) is 11.6. The van der Waals surface area contributed by atoms with Crippen LogP contribution in [-0.4, -0.2) is 42.7 Å². The molecule has 0 bridgehead atoms. The van der Waals surface area contributed by atoms with Crippen molar-refractivity contribution in [2.24, 2.45) is 0 Å². The van der Waals surface area contributed by atoms with Crippen LogP contribution in [0.3, 0.4) is 0 Å². The smallest absolute Gasteiger partial charge is 0.212 e. The molecule has 18 heavy (non-hydrogen) atoms. The van der Waals surface area contributed by atoms with Crippen molar-refractivity contribution in [3.8, 4) is 5.88 Å². The quantitative estimate of drug-likeness (QED) is 0.880. The summed E-state index contributed by atoms with van der Waals surface area (Å²) in [6, 6.07) is 4.02. The molecule has 0 saturated carbocycles. The van der Waals surface area contributed by atoms with Crippen LogP contribution in [0.1, 0.15) is 25.3 Å². The van der Waals surface area contributed by atoms with E-state index in [1.807, 2.05) is 12.3 Å². The van der Waals surface area contributed by atoms with Crippen molar-refractivity contribution >= 4 is 0 Å². The number of nitrogens with zero attached hydrogens (tertiary/aromatic N) is 2. The minimum Gasteiger partial charge on any atom is -0.481 e. The Morgan fingerprint density at radius 1 is 1.39 bits per heavy atom. The topological polar surface area (TPSA) is 37.4 Å². The molecule has 0 aromatic carbocycles. The van der Waals surface area contributed by atoms with Crippen LogP contribution in [0.2, 0.25) is 0 Å². The molecule has 1 aliphatic rings. The average Bonchev–Trinajstić information content (AvgIpc) is 2.42. The van der Waals surface area contributed by atoms with E-state index in [0.29, 0.717) is 11.4 Å². The van der Waals surface area contributed by atoms with Gasteiger partial charge in [-0.2, -0.15) is 0 Å². The van der Waals surface area contributed by atoms with Gasteiger partial charge in [0.05, 0.1) is 7.11 Å². The maximum Gasteiger partial charge on any atom is 0.212 e. The molecular formula is C14H23N3O. The van der Waals surface area contributed by atoms with Crippen LogP contribution in [0, 0.1) is 0 Å². The van der Waals surface area contributed by atoms with Gasteiger partial charge in [-0.05, 0) is 32.4 Å². The van der Waals surface area contributed by atoms with E-state index < -0.39 is 0 Å². The van der Waals surface area contributed by atoms with Gasteiger partial charge in [-0.3, -0.25) is 4.90 Å². The molecule has 0 spiro atoms. The molecule has 0 unspecified atom stereocenters. The zero-order valence-electron chi connectivity index (χ0n) is 11.6. The minimum atomic E-state index is 0.314. The van der Waals surface area contributed by atoms with Crippen molar-refractivity contribution in [3.05, 3.63) is 23.9 Å². The maximum atomic E-state index is 5.07. The Morgan fingerprint density at radius 3 is 2.61 bits per heavy atom. The first kappa shape index (κ1) is 13.3. The Labute approximate surface area is 109 Å². The van der Waals surface area contributed by atoms with E-state index in [2.05, 4.69) is 35.2 Å². The number of hydrogen-bond acceptors (Lipinski definition) is 4. The minimum absolute atomic E-state index is 0.314.